The maximum absolute atomic E-state index is 12.8. The molecule has 0 spiro atoms. The van der Waals surface area contributed by atoms with Crippen molar-refractivity contribution >= 4 is 74.0 Å². The number of anilines is 1. The van der Waals surface area contributed by atoms with Crippen molar-refractivity contribution in [3.63, 3.8) is 0 Å². The van der Waals surface area contributed by atoms with E-state index in [0.29, 0.717) is 11.3 Å². The SMILES string of the molecule is Nc1nc(/C(=N/O)C(=O)N[C@@H]2C(=O)N3C(C(=O)O)=C(C=Cc4csc5cncn45)CS[C@H]23)cs1. The van der Waals surface area contributed by atoms with Crippen molar-refractivity contribution in [3.05, 3.63) is 52.0 Å². The molecule has 1 fully saturated rings. The minimum atomic E-state index is -1.24. The summed E-state index contributed by atoms with van der Waals surface area (Å²) < 4.78 is 1.87. The fourth-order valence-corrected chi connectivity index (χ4v) is 6.32. The molecular formula is C19H15N7O5S3. The van der Waals surface area contributed by atoms with E-state index >= 15 is 0 Å². The van der Waals surface area contributed by atoms with Gasteiger partial charge in [0.2, 0.25) is 0 Å². The monoisotopic (exact) mass is 517 g/mol. The number of hydrogen-bond acceptors (Lipinski definition) is 11. The molecule has 15 heteroatoms. The number of amides is 2. The number of aromatic nitrogens is 3. The number of thiazole rings is 2. The molecule has 0 aromatic carbocycles. The van der Waals surface area contributed by atoms with E-state index in [0.717, 1.165) is 26.8 Å². The number of rotatable bonds is 6. The number of thioether (sulfide) groups is 1. The summed E-state index contributed by atoms with van der Waals surface area (Å²) in [5.41, 5.74) is 6.42. The van der Waals surface area contributed by atoms with Crippen LogP contribution in [0.5, 0.6) is 0 Å². The molecule has 2 aliphatic heterocycles. The summed E-state index contributed by atoms with van der Waals surface area (Å²) in [7, 11) is 0. The van der Waals surface area contributed by atoms with Crippen molar-refractivity contribution in [1.29, 1.82) is 0 Å². The summed E-state index contributed by atoms with van der Waals surface area (Å²) in [5, 5.41) is 27.5. The van der Waals surface area contributed by atoms with Gasteiger partial charge in [0.25, 0.3) is 11.8 Å². The molecule has 5 N–H and O–H groups in total. The standard InChI is InChI=1S/C19H15N7O5S3/c20-19-22-10(6-34-19)12(24-31)15(27)23-13-16(28)26-14(18(29)30)8(4-33-17(13)26)1-2-9-5-32-11-3-21-7-25(9)11/h1-3,5-7,13,17,31H,4H2,(H2,20,22)(H,23,27)(H,29,30)/b2-1?,24-12-/t13-,17-/m1/s1. The van der Waals surface area contributed by atoms with Gasteiger partial charge in [0, 0.05) is 16.5 Å². The molecule has 3 aromatic heterocycles. The highest BCUT2D eigenvalue weighted by atomic mass is 32.2. The molecule has 5 heterocycles. The van der Waals surface area contributed by atoms with Crippen LogP contribution < -0.4 is 11.1 Å². The summed E-state index contributed by atoms with van der Waals surface area (Å²) >= 11 is 3.89. The Morgan fingerprint density at radius 3 is 2.82 bits per heavy atom. The summed E-state index contributed by atoms with van der Waals surface area (Å²) in [6.45, 7) is 0. The van der Waals surface area contributed by atoms with E-state index in [1.54, 1.807) is 24.7 Å². The first-order valence-corrected chi connectivity index (χ1v) is 12.4. The van der Waals surface area contributed by atoms with Crippen LogP contribution in [0.3, 0.4) is 0 Å². The summed E-state index contributed by atoms with van der Waals surface area (Å²) in [6.07, 6.45) is 6.85. The van der Waals surface area contributed by atoms with Crippen molar-refractivity contribution in [1.82, 2.24) is 24.6 Å². The number of carbonyl (C=O) groups excluding carboxylic acids is 2. The second-order valence-corrected chi connectivity index (χ2v) is 10.0. The van der Waals surface area contributed by atoms with Crippen LogP contribution in [0.4, 0.5) is 5.13 Å². The van der Waals surface area contributed by atoms with Crippen LogP contribution in [-0.2, 0) is 14.4 Å². The fourth-order valence-electron chi connectivity index (χ4n) is 3.64. The molecule has 0 aliphatic carbocycles. The highest BCUT2D eigenvalue weighted by Crippen LogP contribution is 2.41. The second-order valence-electron chi connectivity index (χ2n) is 7.16. The first-order valence-electron chi connectivity index (χ1n) is 9.62. The van der Waals surface area contributed by atoms with Crippen molar-refractivity contribution in [3.8, 4) is 0 Å². The van der Waals surface area contributed by atoms with Gasteiger partial charge in [-0.2, -0.15) is 0 Å². The van der Waals surface area contributed by atoms with Gasteiger partial charge in [0.05, 0.1) is 11.9 Å². The number of carboxylic acids is 1. The van der Waals surface area contributed by atoms with Gasteiger partial charge in [-0.15, -0.1) is 34.4 Å². The third kappa shape index (κ3) is 3.63. The number of carbonyl (C=O) groups is 3. The van der Waals surface area contributed by atoms with Crippen LogP contribution in [0, 0.1) is 0 Å². The van der Waals surface area contributed by atoms with E-state index in [1.165, 1.54) is 28.5 Å². The predicted octanol–water partition coefficient (Wildman–Crippen LogP) is 1.06. The van der Waals surface area contributed by atoms with Crippen molar-refractivity contribution in [2.24, 2.45) is 5.16 Å². The van der Waals surface area contributed by atoms with Gasteiger partial charge in [-0.3, -0.25) is 18.9 Å². The average molecular weight is 518 g/mol. The second kappa shape index (κ2) is 8.58. The number of fused-ring (bicyclic) bond motifs is 2. The topological polar surface area (TPSA) is 176 Å². The number of imidazole rings is 1. The number of carboxylic acid groups (broad SMARTS) is 1. The molecule has 12 nitrogen and oxygen atoms in total. The van der Waals surface area contributed by atoms with Gasteiger partial charge >= 0.3 is 5.97 Å². The van der Waals surface area contributed by atoms with E-state index in [4.69, 9.17) is 5.73 Å². The van der Waals surface area contributed by atoms with Crippen LogP contribution in [0.15, 0.2) is 45.8 Å². The van der Waals surface area contributed by atoms with Crippen LogP contribution in [0.25, 0.3) is 10.9 Å². The lowest BCUT2D eigenvalue weighted by atomic mass is 10.0. The number of hydrogen-bond donors (Lipinski definition) is 4. The zero-order chi connectivity index (χ0) is 24.0. The minimum absolute atomic E-state index is 0.0707. The molecule has 2 aliphatic rings. The van der Waals surface area contributed by atoms with Crippen molar-refractivity contribution in [2.75, 3.05) is 11.5 Å². The lowest BCUT2D eigenvalue weighted by Gasteiger charge is -2.49. The third-order valence-corrected chi connectivity index (χ3v) is 8.08. The zero-order valence-corrected chi connectivity index (χ0v) is 19.4. The van der Waals surface area contributed by atoms with Gasteiger partial charge in [-0.25, -0.2) is 14.8 Å². The summed E-state index contributed by atoms with van der Waals surface area (Å²) in [6, 6.07) is -0.979. The number of oxime groups is 1. The Hall–Kier alpha value is -3.69. The lowest BCUT2D eigenvalue weighted by Crippen LogP contribution is -2.71. The molecule has 3 aromatic rings. The number of allylic oxidation sites excluding steroid dienone is 1. The summed E-state index contributed by atoms with van der Waals surface area (Å²) in [5.74, 6) is -2.31. The van der Waals surface area contributed by atoms with E-state index in [1.807, 2.05) is 9.78 Å². The van der Waals surface area contributed by atoms with E-state index in [2.05, 4.69) is 20.4 Å². The summed E-state index contributed by atoms with van der Waals surface area (Å²) in [4.78, 5) is 47.6. The molecular weight excluding hydrogens is 502 g/mol. The quantitative estimate of drug-likeness (QED) is 0.161. The molecule has 34 heavy (non-hydrogen) atoms. The molecule has 0 bridgehead atoms. The Bertz CT molecular complexity index is 1420. The highest BCUT2D eigenvalue weighted by Gasteiger charge is 2.54. The molecule has 2 amide bonds. The van der Waals surface area contributed by atoms with E-state index in [9.17, 15) is 24.7 Å². The Morgan fingerprint density at radius 1 is 1.29 bits per heavy atom. The Morgan fingerprint density at radius 2 is 2.12 bits per heavy atom. The van der Waals surface area contributed by atoms with Gasteiger partial charge in [0.15, 0.2) is 10.8 Å². The molecule has 2 atom stereocenters. The van der Waals surface area contributed by atoms with E-state index < -0.39 is 29.2 Å². The van der Waals surface area contributed by atoms with E-state index in [-0.39, 0.29) is 22.2 Å². The molecule has 5 rings (SSSR count). The fraction of sp³-hybridized carbons (Fsp3) is 0.158. The van der Waals surface area contributed by atoms with Gasteiger partial charge < -0.3 is 21.4 Å². The van der Waals surface area contributed by atoms with Crippen LogP contribution in [-0.4, -0.2) is 70.2 Å². The number of aliphatic carboxylic acids is 1. The first kappa shape index (κ1) is 22.1. The Kier molecular flexibility index (Phi) is 5.59. The average Bonchev–Trinajstić information content (AvgIpc) is 3.54. The number of nitrogens with zero attached hydrogens (tertiary/aromatic N) is 5. The van der Waals surface area contributed by atoms with Crippen LogP contribution in [0.1, 0.15) is 11.4 Å². The normalized spacial score (nSPS) is 20.6. The van der Waals surface area contributed by atoms with Crippen molar-refractivity contribution < 1.29 is 24.7 Å². The molecule has 1 saturated heterocycles. The first-order chi connectivity index (χ1) is 16.4. The predicted molar refractivity (Wildman–Crippen MR) is 127 cm³/mol. The zero-order valence-electron chi connectivity index (χ0n) is 17.0. The maximum Gasteiger partial charge on any atom is 0.352 e. The maximum atomic E-state index is 12.8. The van der Waals surface area contributed by atoms with Crippen molar-refractivity contribution in [2.45, 2.75) is 11.4 Å². The molecule has 0 saturated carbocycles. The number of nitrogens with two attached hydrogens (primary N) is 1. The van der Waals surface area contributed by atoms with Crippen LogP contribution >= 0.6 is 34.4 Å². The van der Waals surface area contributed by atoms with Gasteiger partial charge in [0.1, 0.15) is 34.0 Å². The Labute approximate surface area is 203 Å². The van der Waals surface area contributed by atoms with Gasteiger partial charge in [-0.05, 0) is 11.6 Å². The largest absolute Gasteiger partial charge is 0.477 e. The minimum Gasteiger partial charge on any atom is -0.477 e. The lowest BCUT2D eigenvalue weighted by molar-refractivity contribution is -0.150. The number of nitrogen functional groups attached to an aromatic ring is 1. The van der Waals surface area contributed by atoms with Gasteiger partial charge in [-0.1, -0.05) is 11.2 Å². The highest BCUT2D eigenvalue weighted by molar-refractivity contribution is 8.00. The molecule has 0 radical (unpaired) electrons. The number of β-lactam (4-membered cyclic amide) rings is 1. The molecule has 0 unspecified atom stereocenters. The van der Waals surface area contributed by atoms with Crippen LogP contribution in [0.2, 0.25) is 0 Å². The Balaban J connectivity index is 1.36. The third-order valence-electron chi connectivity index (χ3n) is 5.21. The smallest absolute Gasteiger partial charge is 0.352 e. The number of nitrogens with one attached hydrogen (secondary N) is 1. The molecule has 174 valence electrons.